The summed E-state index contributed by atoms with van der Waals surface area (Å²) in [6, 6.07) is 14.1. The smallest absolute Gasteiger partial charge is 0.131 e. The van der Waals surface area contributed by atoms with Crippen molar-refractivity contribution in [1.82, 2.24) is 0 Å². The van der Waals surface area contributed by atoms with E-state index in [4.69, 9.17) is 10.00 Å². The van der Waals surface area contributed by atoms with Gasteiger partial charge in [0.15, 0.2) is 0 Å². The van der Waals surface area contributed by atoms with E-state index in [-0.39, 0.29) is 12.2 Å². The van der Waals surface area contributed by atoms with Crippen molar-refractivity contribution in [3.8, 4) is 22.9 Å². The van der Waals surface area contributed by atoms with Gasteiger partial charge in [0, 0.05) is 5.56 Å². The summed E-state index contributed by atoms with van der Waals surface area (Å²) in [6.45, 7) is 2.52. The van der Waals surface area contributed by atoms with E-state index >= 15 is 0 Å². The normalized spacial score (nSPS) is 9.95. The van der Waals surface area contributed by atoms with Crippen LogP contribution in [0.25, 0.3) is 11.1 Å². The average Bonchev–Trinajstić information content (AvgIpc) is 2.43. The van der Waals surface area contributed by atoms with Crippen LogP contribution in [0.2, 0.25) is 0 Å². The summed E-state index contributed by atoms with van der Waals surface area (Å²) >= 11 is 0. The number of halogens is 1. The molecular formula is C16H14FNO. The first-order valence-corrected chi connectivity index (χ1v) is 6.13. The molecule has 0 aliphatic rings. The lowest BCUT2D eigenvalue weighted by Gasteiger charge is -2.07. The van der Waals surface area contributed by atoms with Gasteiger partial charge in [0.2, 0.25) is 0 Å². The summed E-state index contributed by atoms with van der Waals surface area (Å²) in [4.78, 5) is 0. The van der Waals surface area contributed by atoms with Gasteiger partial charge in [0.1, 0.15) is 11.6 Å². The van der Waals surface area contributed by atoms with E-state index in [9.17, 15) is 4.39 Å². The van der Waals surface area contributed by atoms with Gasteiger partial charge in [-0.25, -0.2) is 4.39 Å². The number of hydrogen-bond donors (Lipinski definition) is 0. The monoisotopic (exact) mass is 255 g/mol. The molecule has 2 rings (SSSR count). The van der Waals surface area contributed by atoms with Gasteiger partial charge in [0.05, 0.1) is 19.1 Å². The Bertz CT molecular complexity index is 599. The van der Waals surface area contributed by atoms with Gasteiger partial charge in [-0.1, -0.05) is 18.2 Å². The van der Waals surface area contributed by atoms with E-state index in [0.29, 0.717) is 12.2 Å². The van der Waals surface area contributed by atoms with Crippen molar-refractivity contribution in [2.75, 3.05) is 6.61 Å². The molecule has 0 unspecified atom stereocenters. The number of nitrogens with zero attached hydrogens (tertiary/aromatic N) is 1. The van der Waals surface area contributed by atoms with Gasteiger partial charge in [0.25, 0.3) is 0 Å². The molecule has 2 nitrogen and oxygen atoms in total. The van der Waals surface area contributed by atoms with E-state index in [1.807, 2.05) is 31.2 Å². The minimum absolute atomic E-state index is 0.282. The van der Waals surface area contributed by atoms with Gasteiger partial charge < -0.3 is 4.74 Å². The molecule has 0 radical (unpaired) electrons. The van der Waals surface area contributed by atoms with Crippen molar-refractivity contribution in [3.63, 3.8) is 0 Å². The number of rotatable bonds is 4. The van der Waals surface area contributed by atoms with Crippen LogP contribution in [-0.2, 0) is 6.42 Å². The summed E-state index contributed by atoms with van der Waals surface area (Å²) in [6.07, 6.45) is 0.282. The molecule has 3 heteroatoms. The number of nitriles is 1. The van der Waals surface area contributed by atoms with Crippen molar-refractivity contribution >= 4 is 0 Å². The van der Waals surface area contributed by atoms with Crippen LogP contribution < -0.4 is 4.74 Å². The standard InChI is InChI=1S/C16H14FNO/c1-2-19-14-6-4-13(5-7-14)15-11-12(9-10-18)3-8-16(15)17/h3-8,11H,2,9H2,1H3. The van der Waals surface area contributed by atoms with E-state index < -0.39 is 0 Å². The van der Waals surface area contributed by atoms with Gasteiger partial charge >= 0.3 is 0 Å². The predicted octanol–water partition coefficient (Wildman–Crippen LogP) is 3.96. The summed E-state index contributed by atoms with van der Waals surface area (Å²) in [5.74, 6) is 0.477. The molecule has 0 N–H and O–H groups in total. The Labute approximate surface area is 112 Å². The predicted molar refractivity (Wildman–Crippen MR) is 72.3 cm³/mol. The maximum Gasteiger partial charge on any atom is 0.131 e. The Morgan fingerprint density at radius 3 is 2.53 bits per heavy atom. The van der Waals surface area contributed by atoms with Crippen LogP contribution in [-0.4, -0.2) is 6.61 Å². The minimum atomic E-state index is -0.286. The molecule has 0 atom stereocenters. The highest BCUT2D eigenvalue weighted by atomic mass is 19.1. The minimum Gasteiger partial charge on any atom is -0.494 e. The zero-order chi connectivity index (χ0) is 13.7. The van der Waals surface area contributed by atoms with Crippen LogP contribution in [0.1, 0.15) is 12.5 Å². The SMILES string of the molecule is CCOc1ccc(-c2cc(CC#N)ccc2F)cc1. The first-order valence-electron chi connectivity index (χ1n) is 6.13. The fourth-order valence-electron chi connectivity index (χ4n) is 1.89. The summed E-state index contributed by atoms with van der Waals surface area (Å²) in [5.41, 5.74) is 2.10. The lowest BCUT2D eigenvalue weighted by atomic mass is 10.0. The fourth-order valence-corrected chi connectivity index (χ4v) is 1.89. The summed E-state index contributed by atoms with van der Waals surface area (Å²) in [5, 5.41) is 8.69. The van der Waals surface area contributed by atoms with Gasteiger partial charge in [-0.2, -0.15) is 5.26 Å². The van der Waals surface area contributed by atoms with E-state index in [1.165, 1.54) is 6.07 Å². The van der Waals surface area contributed by atoms with Crippen LogP contribution >= 0.6 is 0 Å². The molecular weight excluding hydrogens is 241 g/mol. The van der Waals surface area contributed by atoms with Crippen molar-refractivity contribution in [3.05, 3.63) is 53.8 Å². The molecule has 19 heavy (non-hydrogen) atoms. The number of benzene rings is 2. The molecule has 0 spiro atoms. The van der Waals surface area contributed by atoms with Gasteiger partial charge in [-0.05, 0) is 42.3 Å². The number of ether oxygens (including phenoxy) is 1. The maximum atomic E-state index is 13.8. The molecule has 0 saturated carbocycles. The van der Waals surface area contributed by atoms with Crippen LogP contribution in [0.15, 0.2) is 42.5 Å². The van der Waals surface area contributed by atoms with Gasteiger partial charge in [-0.15, -0.1) is 0 Å². The highest BCUT2D eigenvalue weighted by molar-refractivity contribution is 5.65. The van der Waals surface area contributed by atoms with Crippen LogP contribution in [0.5, 0.6) is 5.75 Å². The first-order chi connectivity index (χ1) is 9.24. The molecule has 0 bridgehead atoms. The fraction of sp³-hybridized carbons (Fsp3) is 0.188. The molecule has 0 aliphatic carbocycles. The average molecular weight is 255 g/mol. The second-order valence-electron chi connectivity index (χ2n) is 4.11. The van der Waals surface area contributed by atoms with Crippen LogP contribution in [0.4, 0.5) is 4.39 Å². The maximum absolute atomic E-state index is 13.8. The quantitative estimate of drug-likeness (QED) is 0.828. The third-order valence-corrected chi connectivity index (χ3v) is 2.79. The highest BCUT2D eigenvalue weighted by Gasteiger charge is 2.06. The Hall–Kier alpha value is -2.34. The van der Waals surface area contributed by atoms with E-state index in [0.717, 1.165) is 16.9 Å². The van der Waals surface area contributed by atoms with Crippen molar-refractivity contribution in [2.45, 2.75) is 13.3 Å². The molecule has 0 aromatic heterocycles. The van der Waals surface area contributed by atoms with E-state index in [1.54, 1.807) is 12.1 Å². The zero-order valence-electron chi connectivity index (χ0n) is 10.7. The molecule has 0 aliphatic heterocycles. The highest BCUT2D eigenvalue weighted by Crippen LogP contribution is 2.26. The van der Waals surface area contributed by atoms with E-state index in [2.05, 4.69) is 6.07 Å². The molecule has 2 aromatic rings. The topological polar surface area (TPSA) is 33.0 Å². The summed E-state index contributed by atoms with van der Waals surface area (Å²) in [7, 11) is 0. The molecule has 0 saturated heterocycles. The van der Waals surface area contributed by atoms with Crippen molar-refractivity contribution < 1.29 is 9.13 Å². The number of hydrogen-bond acceptors (Lipinski definition) is 2. The molecule has 0 amide bonds. The lowest BCUT2D eigenvalue weighted by Crippen LogP contribution is -1.92. The third kappa shape index (κ3) is 3.11. The molecule has 0 fully saturated rings. The zero-order valence-corrected chi connectivity index (χ0v) is 10.7. The second-order valence-corrected chi connectivity index (χ2v) is 4.11. The van der Waals surface area contributed by atoms with Crippen LogP contribution in [0.3, 0.4) is 0 Å². The molecule has 96 valence electrons. The largest absolute Gasteiger partial charge is 0.494 e. The summed E-state index contributed by atoms with van der Waals surface area (Å²) < 4.78 is 19.2. The molecule has 2 aromatic carbocycles. The van der Waals surface area contributed by atoms with Crippen molar-refractivity contribution in [2.24, 2.45) is 0 Å². The van der Waals surface area contributed by atoms with Crippen LogP contribution in [0, 0.1) is 17.1 Å². The Balaban J connectivity index is 2.35. The third-order valence-electron chi connectivity index (χ3n) is 2.79. The molecule has 0 heterocycles. The first kappa shape index (κ1) is 13.1. The van der Waals surface area contributed by atoms with Crippen molar-refractivity contribution in [1.29, 1.82) is 5.26 Å². The Morgan fingerprint density at radius 1 is 1.16 bits per heavy atom. The Kier molecular flexibility index (Phi) is 4.15. The second kappa shape index (κ2) is 6.01. The Morgan fingerprint density at radius 2 is 1.89 bits per heavy atom. The van der Waals surface area contributed by atoms with Gasteiger partial charge in [-0.3, -0.25) is 0 Å². The lowest BCUT2D eigenvalue weighted by molar-refractivity contribution is 0.340.